The molecular formula is C14H19ClN2O. The lowest BCUT2D eigenvalue weighted by atomic mass is 9.78. The SMILES string of the molecule is CCC1(C)CCN(C(=O)c2ccncc2Cl)CC1. The van der Waals surface area contributed by atoms with Gasteiger partial charge in [0.25, 0.3) is 5.91 Å². The standard InChI is InChI=1S/C14H19ClN2O/c1-3-14(2)5-8-17(9-6-14)13(18)11-4-7-16-10-12(11)15/h4,7,10H,3,5-6,8-9H2,1-2H3. The van der Waals surface area contributed by atoms with Crippen molar-refractivity contribution in [3.05, 3.63) is 29.0 Å². The third-order valence-corrected chi connectivity index (χ3v) is 4.42. The normalized spacial score (nSPS) is 18.7. The van der Waals surface area contributed by atoms with Crippen molar-refractivity contribution in [2.75, 3.05) is 13.1 Å². The van der Waals surface area contributed by atoms with Crippen LogP contribution in [0.3, 0.4) is 0 Å². The summed E-state index contributed by atoms with van der Waals surface area (Å²) in [6, 6.07) is 1.69. The molecule has 1 aromatic rings. The molecule has 1 amide bonds. The van der Waals surface area contributed by atoms with Crippen LogP contribution in [0.4, 0.5) is 0 Å². The number of hydrogen-bond donors (Lipinski definition) is 0. The lowest BCUT2D eigenvalue weighted by Gasteiger charge is -2.39. The summed E-state index contributed by atoms with van der Waals surface area (Å²) in [4.78, 5) is 18.1. The molecule has 4 heteroatoms. The molecule has 1 aromatic heterocycles. The second-order valence-corrected chi connectivity index (χ2v) is 5.72. The maximum Gasteiger partial charge on any atom is 0.255 e. The Bertz CT molecular complexity index is 439. The van der Waals surface area contributed by atoms with Gasteiger partial charge in [0, 0.05) is 25.5 Å². The predicted octanol–water partition coefficient (Wildman–Crippen LogP) is 3.39. The largest absolute Gasteiger partial charge is 0.339 e. The van der Waals surface area contributed by atoms with E-state index < -0.39 is 0 Å². The Labute approximate surface area is 113 Å². The molecule has 0 N–H and O–H groups in total. The van der Waals surface area contributed by atoms with Gasteiger partial charge in [-0.25, -0.2) is 0 Å². The van der Waals surface area contributed by atoms with E-state index >= 15 is 0 Å². The number of rotatable bonds is 2. The molecule has 0 unspecified atom stereocenters. The highest BCUT2D eigenvalue weighted by atomic mass is 35.5. The maximum absolute atomic E-state index is 12.3. The molecule has 2 rings (SSSR count). The lowest BCUT2D eigenvalue weighted by Crippen LogP contribution is -2.42. The monoisotopic (exact) mass is 266 g/mol. The van der Waals surface area contributed by atoms with Crippen LogP contribution in [0.15, 0.2) is 18.5 Å². The van der Waals surface area contributed by atoms with Gasteiger partial charge in [-0.2, -0.15) is 0 Å². The molecule has 0 saturated carbocycles. The summed E-state index contributed by atoms with van der Waals surface area (Å²) in [5.74, 6) is 0.0283. The minimum atomic E-state index is 0.0283. The highest BCUT2D eigenvalue weighted by molar-refractivity contribution is 6.33. The number of halogens is 1. The number of piperidine rings is 1. The minimum Gasteiger partial charge on any atom is -0.339 e. The van der Waals surface area contributed by atoms with Gasteiger partial charge in [-0.15, -0.1) is 0 Å². The first-order chi connectivity index (χ1) is 8.56. The van der Waals surface area contributed by atoms with Crippen molar-refractivity contribution in [1.29, 1.82) is 0 Å². The Hall–Kier alpha value is -1.09. The van der Waals surface area contributed by atoms with Crippen LogP contribution in [-0.2, 0) is 0 Å². The van der Waals surface area contributed by atoms with Crippen molar-refractivity contribution >= 4 is 17.5 Å². The number of hydrogen-bond acceptors (Lipinski definition) is 2. The average Bonchev–Trinajstić information content (AvgIpc) is 2.39. The Morgan fingerprint density at radius 1 is 1.50 bits per heavy atom. The second-order valence-electron chi connectivity index (χ2n) is 5.31. The fourth-order valence-corrected chi connectivity index (χ4v) is 2.52. The van der Waals surface area contributed by atoms with Crippen molar-refractivity contribution in [3.8, 4) is 0 Å². The van der Waals surface area contributed by atoms with E-state index in [0.717, 1.165) is 25.9 Å². The number of likely N-dealkylation sites (tertiary alicyclic amines) is 1. The zero-order valence-corrected chi connectivity index (χ0v) is 11.7. The van der Waals surface area contributed by atoms with E-state index in [0.29, 0.717) is 16.0 Å². The van der Waals surface area contributed by atoms with Crippen molar-refractivity contribution in [2.24, 2.45) is 5.41 Å². The van der Waals surface area contributed by atoms with Gasteiger partial charge in [-0.05, 0) is 24.3 Å². The summed E-state index contributed by atoms with van der Waals surface area (Å²) in [6.07, 6.45) is 6.44. The number of carbonyl (C=O) groups is 1. The number of carbonyl (C=O) groups excluding carboxylic acids is 1. The number of aromatic nitrogens is 1. The van der Waals surface area contributed by atoms with Crippen molar-refractivity contribution in [2.45, 2.75) is 33.1 Å². The zero-order valence-electron chi connectivity index (χ0n) is 10.9. The Morgan fingerprint density at radius 2 is 2.17 bits per heavy atom. The number of pyridine rings is 1. The molecule has 3 nitrogen and oxygen atoms in total. The van der Waals surface area contributed by atoms with E-state index in [1.807, 2.05) is 4.90 Å². The first kappa shape index (κ1) is 13.3. The zero-order chi connectivity index (χ0) is 13.2. The molecular weight excluding hydrogens is 248 g/mol. The van der Waals surface area contributed by atoms with E-state index in [9.17, 15) is 4.79 Å². The maximum atomic E-state index is 12.3. The van der Waals surface area contributed by atoms with E-state index in [4.69, 9.17) is 11.6 Å². The summed E-state index contributed by atoms with van der Waals surface area (Å²) in [6.45, 7) is 6.16. The molecule has 0 bridgehead atoms. The van der Waals surface area contributed by atoms with Crippen LogP contribution >= 0.6 is 11.6 Å². The van der Waals surface area contributed by atoms with Crippen LogP contribution in [-0.4, -0.2) is 28.9 Å². The molecule has 0 radical (unpaired) electrons. The summed E-state index contributed by atoms with van der Waals surface area (Å²) >= 11 is 6.01. The van der Waals surface area contributed by atoms with Gasteiger partial charge in [-0.3, -0.25) is 9.78 Å². The van der Waals surface area contributed by atoms with Crippen LogP contribution in [0, 0.1) is 5.41 Å². The molecule has 1 saturated heterocycles. The molecule has 0 aromatic carbocycles. The molecule has 98 valence electrons. The first-order valence-corrected chi connectivity index (χ1v) is 6.82. The van der Waals surface area contributed by atoms with Crippen LogP contribution in [0.1, 0.15) is 43.5 Å². The van der Waals surface area contributed by atoms with Gasteiger partial charge >= 0.3 is 0 Å². The Kier molecular flexibility index (Phi) is 3.91. The Balaban J connectivity index is 2.07. The fraction of sp³-hybridized carbons (Fsp3) is 0.571. The third kappa shape index (κ3) is 2.66. The summed E-state index contributed by atoms with van der Waals surface area (Å²) in [5, 5.41) is 0.436. The average molecular weight is 267 g/mol. The highest BCUT2D eigenvalue weighted by Gasteiger charge is 2.31. The summed E-state index contributed by atoms with van der Waals surface area (Å²) in [7, 11) is 0. The van der Waals surface area contributed by atoms with Crippen LogP contribution < -0.4 is 0 Å². The van der Waals surface area contributed by atoms with Crippen molar-refractivity contribution in [1.82, 2.24) is 9.88 Å². The third-order valence-electron chi connectivity index (χ3n) is 4.11. The van der Waals surface area contributed by atoms with Gasteiger partial charge in [0.1, 0.15) is 0 Å². The molecule has 0 spiro atoms. The molecule has 0 atom stereocenters. The van der Waals surface area contributed by atoms with Gasteiger partial charge < -0.3 is 4.90 Å². The van der Waals surface area contributed by atoms with Crippen molar-refractivity contribution < 1.29 is 4.79 Å². The fourth-order valence-electron chi connectivity index (χ4n) is 2.32. The van der Waals surface area contributed by atoms with Gasteiger partial charge in [0.15, 0.2) is 0 Å². The molecule has 18 heavy (non-hydrogen) atoms. The van der Waals surface area contributed by atoms with Gasteiger partial charge in [0.2, 0.25) is 0 Å². The molecule has 1 aliphatic heterocycles. The Morgan fingerprint density at radius 3 is 2.72 bits per heavy atom. The van der Waals surface area contributed by atoms with Crippen LogP contribution in [0.25, 0.3) is 0 Å². The van der Waals surface area contributed by atoms with E-state index in [1.54, 1.807) is 12.3 Å². The van der Waals surface area contributed by atoms with Crippen LogP contribution in [0.2, 0.25) is 5.02 Å². The molecule has 0 aliphatic carbocycles. The topological polar surface area (TPSA) is 33.2 Å². The summed E-state index contributed by atoms with van der Waals surface area (Å²) < 4.78 is 0. The van der Waals surface area contributed by atoms with E-state index in [-0.39, 0.29) is 5.91 Å². The minimum absolute atomic E-state index is 0.0283. The molecule has 1 aliphatic rings. The highest BCUT2D eigenvalue weighted by Crippen LogP contribution is 2.34. The predicted molar refractivity (Wildman–Crippen MR) is 72.8 cm³/mol. The van der Waals surface area contributed by atoms with E-state index in [2.05, 4.69) is 18.8 Å². The van der Waals surface area contributed by atoms with Crippen LogP contribution in [0.5, 0.6) is 0 Å². The lowest BCUT2D eigenvalue weighted by molar-refractivity contribution is 0.0600. The smallest absolute Gasteiger partial charge is 0.255 e. The quantitative estimate of drug-likeness (QED) is 0.822. The van der Waals surface area contributed by atoms with Gasteiger partial charge in [0.05, 0.1) is 10.6 Å². The van der Waals surface area contributed by atoms with Gasteiger partial charge in [-0.1, -0.05) is 31.9 Å². The molecule has 1 fully saturated rings. The number of nitrogens with zero attached hydrogens (tertiary/aromatic N) is 2. The first-order valence-electron chi connectivity index (χ1n) is 6.44. The molecule has 2 heterocycles. The number of amides is 1. The second kappa shape index (κ2) is 5.27. The summed E-state index contributed by atoms with van der Waals surface area (Å²) in [5.41, 5.74) is 0.950. The van der Waals surface area contributed by atoms with Crippen molar-refractivity contribution in [3.63, 3.8) is 0 Å². The van der Waals surface area contributed by atoms with E-state index in [1.165, 1.54) is 12.6 Å².